The van der Waals surface area contributed by atoms with Crippen LogP contribution in [0.2, 0.25) is 0 Å². The molecule has 0 radical (unpaired) electrons. The molecule has 1 aromatic carbocycles. The van der Waals surface area contributed by atoms with Gasteiger partial charge in [-0.1, -0.05) is 12.1 Å². The number of fused-ring (bicyclic) bond motifs is 1. The molecule has 0 aliphatic carbocycles. The molecule has 2 rings (SSSR count). The van der Waals surface area contributed by atoms with Gasteiger partial charge in [0.25, 0.3) is 0 Å². The fraction of sp³-hybridized carbons (Fsp3) is 0.600. The molecule has 7 heteroatoms. The Bertz CT molecular complexity index is 524. The van der Waals surface area contributed by atoms with E-state index < -0.39 is 6.29 Å². The van der Waals surface area contributed by atoms with Crippen molar-refractivity contribution in [3.05, 3.63) is 23.3 Å². The van der Waals surface area contributed by atoms with Crippen LogP contribution in [0, 0.1) is 0 Å². The average molecular weight is 316 g/mol. The van der Waals surface area contributed by atoms with E-state index >= 15 is 0 Å². The predicted octanol–water partition coefficient (Wildman–Crippen LogP) is 1.93. The second-order valence-electron chi connectivity index (χ2n) is 5.74. The molecule has 124 valence electrons. The summed E-state index contributed by atoms with van der Waals surface area (Å²) in [6.45, 7) is 2.84. The maximum absolute atomic E-state index is 13.4. The molecule has 0 bridgehead atoms. The normalized spacial score (nSPS) is 17.0. The first-order chi connectivity index (χ1) is 10.3. The predicted molar refractivity (Wildman–Crippen MR) is 78.0 cm³/mol. The molecule has 1 aliphatic heterocycles. The first kappa shape index (κ1) is 16.9. The third-order valence-corrected chi connectivity index (χ3v) is 3.41. The van der Waals surface area contributed by atoms with Crippen LogP contribution in [-0.2, 0) is 13.1 Å². The van der Waals surface area contributed by atoms with E-state index in [1.807, 2.05) is 25.9 Å². The van der Waals surface area contributed by atoms with Crippen LogP contribution < -0.4 is 14.8 Å². The van der Waals surface area contributed by atoms with Gasteiger partial charge in [0.1, 0.15) is 0 Å². The van der Waals surface area contributed by atoms with Crippen molar-refractivity contribution in [1.82, 2.24) is 10.2 Å². The summed E-state index contributed by atoms with van der Waals surface area (Å²) < 4.78 is 36.2. The van der Waals surface area contributed by atoms with Crippen LogP contribution in [-0.4, -0.2) is 43.0 Å². The number of ether oxygens (including phenoxy) is 2. The molecule has 1 aromatic rings. The largest absolute Gasteiger partial charge is 0.586 e. The summed E-state index contributed by atoms with van der Waals surface area (Å²) in [6, 6.07) is 3.61. The first-order valence-electron chi connectivity index (χ1n) is 7.22. The molecular weight excluding hydrogens is 294 g/mol. The van der Waals surface area contributed by atoms with Gasteiger partial charge in [-0.2, -0.15) is 0 Å². The zero-order valence-corrected chi connectivity index (χ0v) is 13.0. The van der Waals surface area contributed by atoms with Gasteiger partial charge < -0.3 is 24.8 Å². The van der Waals surface area contributed by atoms with Gasteiger partial charge in [0.15, 0.2) is 11.5 Å². The third-order valence-electron chi connectivity index (χ3n) is 3.41. The molecule has 1 heterocycles. The number of nitrogens with zero attached hydrogens (tertiary/aromatic N) is 1. The van der Waals surface area contributed by atoms with Crippen LogP contribution in [0.15, 0.2) is 12.1 Å². The molecule has 0 saturated carbocycles. The van der Waals surface area contributed by atoms with E-state index in [1.54, 1.807) is 12.1 Å². The summed E-state index contributed by atoms with van der Waals surface area (Å²) in [7, 11) is 3.71. The summed E-state index contributed by atoms with van der Waals surface area (Å²) >= 11 is 0. The van der Waals surface area contributed by atoms with Crippen LogP contribution >= 0.6 is 0 Å². The fourth-order valence-electron chi connectivity index (χ4n) is 2.31. The Kier molecular flexibility index (Phi) is 5.20. The maximum atomic E-state index is 13.4. The molecular formula is C15H22F2N2O3. The van der Waals surface area contributed by atoms with Gasteiger partial charge in [0, 0.05) is 36.9 Å². The molecule has 0 fully saturated rings. The summed E-state index contributed by atoms with van der Waals surface area (Å²) in [5, 5.41) is 12.1. The Hall–Kier alpha value is -1.44. The smallest absolute Gasteiger partial charge is 0.396 e. The van der Waals surface area contributed by atoms with E-state index in [0.29, 0.717) is 30.6 Å². The van der Waals surface area contributed by atoms with Gasteiger partial charge >= 0.3 is 6.29 Å². The number of nitrogens with one attached hydrogen (secondary N) is 1. The minimum absolute atomic E-state index is 0.0740. The van der Waals surface area contributed by atoms with Gasteiger partial charge in [-0.05, 0) is 27.4 Å². The van der Waals surface area contributed by atoms with Gasteiger partial charge in [-0.25, -0.2) is 0 Å². The summed E-state index contributed by atoms with van der Waals surface area (Å²) in [4.78, 5) is 1.87. The second-order valence-corrected chi connectivity index (χ2v) is 5.74. The Morgan fingerprint density at radius 3 is 2.41 bits per heavy atom. The number of alkyl halides is 2. The quantitative estimate of drug-likeness (QED) is 0.805. The van der Waals surface area contributed by atoms with Crippen LogP contribution in [0.4, 0.5) is 8.78 Å². The van der Waals surface area contributed by atoms with Gasteiger partial charge in [-0.15, -0.1) is 8.78 Å². The Morgan fingerprint density at radius 1 is 1.23 bits per heavy atom. The molecule has 0 aromatic heterocycles. The second kappa shape index (κ2) is 6.76. The van der Waals surface area contributed by atoms with Gasteiger partial charge in [-0.3, -0.25) is 0 Å². The lowest BCUT2D eigenvalue weighted by molar-refractivity contribution is -0.287. The topological polar surface area (TPSA) is 54.0 Å². The minimum Gasteiger partial charge on any atom is -0.396 e. The van der Waals surface area contributed by atoms with E-state index in [0.717, 1.165) is 0 Å². The number of halogens is 2. The molecule has 2 N–H and O–H groups in total. The van der Waals surface area contributed by atoms with Gasteiger partial charge in [0.2, 0.25) is 0 Å². The van der Waals surface area contributed by atoms with E-state index in [9.17, 15) is 8.78 Å². The molecule has 0 saturated heterocycles. The highest BCUT2D eigenvalue weighted by atomic mass is 19.3. The lowest BCUT2D eigenvalue weighted by atomic mass is 10.1. The molecule has 1 aliphatic rings. The summed E-state index contributed by atoms with van der Waals surface area (Å²) in [5.41, 5.74) is 1.27. The lowest BCUT2D eigenvalue weighted by Crippen LogP contribution is -2.27. The van der Waals surface area contributed by atoms with E-state index in [1.165, 1.54) is 0 Å². The zero-order chi connectivity index (χ0) is 16.3. The maximum Gasteiger partial charge on any atom is 0.586 e. The van der Waals surface area contributed by atoms with E-state index in [-0.39, 0.29) is 24.1 Å². The Balaban J connectivity index is 2.21. The first-order valence-corrected chi connectivity index (χ1v) is 7.22. The lowest BCUT2D eigenvalue weighted by Gasteiger charge is -2.15. The van der Waals surface area contributed by atoms with Crippen LogP contribution in [0.5, 0.6) is 11.5 Å². The van der Waals surface area contributed by atoms with E-state index in [4.69, 9.17) is 5.11 Å². The van der Waals surface area contributed by atoms with E-state index in [2.05, 4.69) is 14.8 Å². The SMILES string of the molecule is C[C@@H](CCO)NCc1ccc(CN(C)C)c2c1OC(F)(F)O2. The molecule has 0 unspecified atom stereocenters. The summed E-state index contributed by atoms with van der Waals surface area (Å²) in [5.74, 6) is 0.195. The van der Waals surface area contributed by atoms with Crippen molar-refractivity contribution in [2.75, 3.05) is 20.7 Å². The number of benzene rings is 1. The van der Waals surface area contributed by atoms with Crippen molar-refractivity contribution >= 4 is 0 Å². The number of rotatable bonds is 7. The van der Waals surface area contributed by atoms with Crippen molar-refractivity contribution < 1.29 is 23.4 Å². The fourth-order valence-corrected chi connectivity index (χ4v) is 2.31. The molecule has 0 spiro atoms. The molecule has 0 amide bonds. The average Bonchev–Trinajstić information content (AvgIpc) is 2.73. The zero-order valence-electron chi connectivity index (χ0n) is 13.0. The molecule has 1 atom stereocenters. The third kappa shape index (κ3) is 4.06. The highest BCUT2D eigenvalue weighted by Crippen LogP contribution is 2.46. The molecule has 5 nitrogen and oxygen atoms in total. The Morgan fingerprint density at radius 2 is 1.82 bits per heavy atom. The van der Waals surface area contributed by atoms with Crippen molar-refractivity contribution in [1.29, 1.82) is 0 Å². The number of hydrogen-bond acceptors (Lipinski definition) is 5. The minimum atomic E-state index is -3.63. The Labute approximate surface area is 128 Å². The number of hydrogen-bond donors (Lipinski definition) is 2. The van der Waals surface area contributed by atoms with Crippen molar-refractivity contribution in [3.63, 3.8) is 0 Å². The van der Waals surface area contributed by atoms with Crippen LogP contribution in [0.25, 0.3) is 0 Å². The number of aliphatic hydroxyl groups excluding tert-OH is 1. The van der Waals surface area contributed by atoms with Crippen LogP contribution in [0.1, 0.15) is 24.5 Å². The van der Waals surface area contributed by atoms with Crippen LogP contribution in [0.3, 0.4) is 0 Å². The standard InChI is InChI=1S/C15H22F2N2O3/c1-10(6-7-20)18-8-11-4-5-12(9-19(2)3)14-13(11)21-15(16,17)22-14/h4-5,10,18,20H,6-9H2,1-3H3/t10-/m0/s1. The molecule has 22 heavy (non-hydrogen) atoms. The van der Waals surface area contributed by atoms with Crippen molar-refractivity contribution in [2.45, 2.75) is 38.8 Å². The van der Waals surface area contributed by atoms with Crippen molar-refractivity contribution in [2.24, 2.45) is 0 Å². The number of aliphatic hydroxyl groups is 1. The highest BCUT2D eigenvalue weighted by molar-refractivity contribution is 5.54. The summed E-state index contributed by atoms with van der Waals surface area (Å²) in [6.07, 6.45) is -3.04. The highest BCUT2D eigenvalue weighted by Gasteiger charge is 2.45. The monoisotopic (exact) mass is 316 g/mol. The van der Waals surface area contributed by atoms with Gasteiger partial charge in [0.05, 0.1) is 0 Å². The van der Waals surface area contributed by atoms with Crippen molar-refractivity contribution in [3.8, 4) is 11.5 Å².